The Bertz CT molecular complexity index is 159. The lowest BCUT2D eigenvalue weighted by molar-refractivity contribution is 0.0551. The van der Waals surface area contributed by atoms with Crippen LogP contribution in [0, 0.1) is 5.92 Å². The third-order valence-corrected chi connectivity index (χ3v) is 4.34. The Morgan fingerprint density at radius 1 is 0.824 bits per heavy atom. The van der Waals surface area contributed by atoms with E-state index in [-0.39, 0.29) is 0 Å². The highest BCUT2D eigenvalue weighted by atomic mass is 16.5. The van der Waals surface area contributed by atoms with Gasteiger partial charge in [-0.25, -0.2) is 0 Å². The van der Waals surface area contributed by atoms with Crippen LogP contribution in [0.25, 0.3) is 0 Å². The van der Waals surface area contributed by atoms with Crippen molar-refractivity contribution in [2.75, 3.05) is 7.11 Å². The van der Waals surface area contributed by atoms with E-state index in [4.69, 9.17) is 4.74 Å². The molecule has 0 amide bonds. The lowest BCUT2D eigenvalue weighted by Crippen LogP contribution is -2.20. The molecule has 0 aliphatic heterocycles. The van der Waals surface area contributed by atoms with Gasteiger partial charge in [-0.15, -0.1) is 0 Å². The quantitative estimate of drug-likeness (QED) is 0.495. The van der Waals surface area contributed by atoms with Crippen molar-refractivity contribution in [3.63, 3.8) is 0 Å². The van der Waals surface area contributed by atoms with Crippen molar-refractivity contribution in [3.8, 4) is 0 Å². The number of hydrogen-bond donors (Lipinski definition) is 0. The molecule has 0 radical (unpaired) electrons. The van der Waals surface area contributed by atoms with Gasteiger partial charge in [-0.2, -0.15) is 0 Å². The van der Waals surface area contributed by atoms with E-state index in [0.29, 0.717) is 6.10 Å². The standard InChI is InChI=1S/C16H32O/c1-3-4-5-6-7-8-9-10-15-11-13-16(17-2)14-12-15/h15-16H,3-14H2,1-2H3. The molecule has 1 fully saturated rings. The molecule has 0 heterocycles. The van der Waals surface area contributed by atoms with Gasteiger partial charge in [-0.3, -0.25) is 0 Å². The van der Waals surface area contributed by atoms with Gasteiger partial charge in [-0.05, 0) is 31.6 Å². The van der Waals surface area contributed by atoms with Crippen molar-refractivity contribution in [3.05, 3.63) is 0 Å². The first-order valence-electron chi connectivity index (χ1n) is 7.89. The van der Waals surface area contributed by atoms with Crippen LogP contribution in [0.5, 0.6) is 0 Å². The van der Waals surface area contributed by atoms with Crippen molar-refractivity contribution in [2.24, 2.45) is 5.92 Å². The van der Waals surface area contributed by atoms with E-state index in [1.807, 2.05) is 7.11 Å². The highest BCUT2D eigenvalue weighted by Gasteiger charge is 2.19. The van der Waals surface area contributed by atoms with Gasteiger partial charge in [-0.1, -0.05) is 58.3 Å². The first-order valence-corrected chi connectivity index (χ1v) is 7.89. The van der Waals surface area contributed by atoms with Gasteiger partial charge in [0, 0.05) is 7.11 Å². The summed E-state index contributed by atoms with van der Waals surface area (Å²) in [5.41, 5.74) is 0. The summed E-state index contributed by atoms with van der Waals surface area (Å²) in [4.78, 5) is 0. The number of rotatable bonds is 9. The van der Waals surface area contributed by atoms with E-state index in [2.05, 4.69) is 6.92 Å². The monoisotopic (exact) mass is 240 g/mol. The summed E-state index contributed by atoms with van der Waals surface area (Å²) < 4.78 is 5.42. The molecule has 0 bridgehead atoms. The van der Waals surface area contributed by atoms with Gasteiger partial charge in [0.25, 0.3) is 0 Å². The second kappa shape index (κ2) is 9.94. The van der Waals surface area contributed by atoms with E-state index < -0.39 is 0 Å². The maximum Gasteiger partial charge on any atom is 0.0571 e. The number of hydrogen-bond acceptors (Lipinski definition) is 1. The summed E-state index contributed by atoms with van der Waals surface area (Å²) in [5.74, 6) is 1.01. The fraction of sp³-hybridized carbons (Fsp3) is 1.00. The van der Waals surface area contributed by atoms with Gasteiger partial charge in [0.15, 0.2) is 0 Å². The summed E-state index contributed by atoms with van der Waals surface area (Å²) in [6, 6.07) is 0. The molecule has 0 spiro atoms. The molecular weight excluding hydrogens is 208 g/mol. The molecule has 0 aromatic carbocycles. The Kier molecular flexibility index (Phi) is 8.78. The Morgan fingerprint density at radius 2 is 1.41 bits per heavy atom. The smallest absolute Gasteiger partial charge is 0.0571 e. The molecule has 1 aliphatic carbocycles. The maximum atomic E-state index is 5.42. The summed E-state index contributed by atoms with van der Waals surface area (Å²) in [6.07, 6.45) is 17.6. The van der Waals surface area contributed by atoms with Crippen LogP contribution in [-0.2, 0) is 4.74 Å². The van der Waals surface area contributed by atoms with Crippen LogP contribution in [0.4, 0.5) is 0 Å². The topological polar surface area (TPSA) is 9.23 Å². The minimum Gasteiger partial charge on any atom is -0.381 e. The highest BCUT2D eigenvalue weighted by molar-refractivity contribution is 4.72. The minimum absolute atomic E-state index is 0.570. The van der Waals surface area contributed by atoms with E-state index in [0.717, 1.165) is 5.92 Å². The lowest BCUT2D eigenvalue weighted by atomic mass is 9.84. The molecule has 0 atom stereocenters. The molecule has 0 N–H and O–H groups in total. The second-order valence-electron chi connectivity index (χ2n) is 5.79. The molecule has 0 unspecified atom stereocenters. The molecule has 1 nitrogen and oxygen atoms in total. The van der Waals surface area contributed by atoms with Crippen molar-refractivity contribution in [2.45, 2.75) is 90.1 Å². The Morgan fingerprint density at radius 3 is 2.00 bits per heavy atom. The van der Waals surface area contributed by atoms with Crippen LogP contribution < -0.4 is 0 Å². The number of methoxy groups -OCH3 is 1. The molecular formula is C16H32O. The molecule has 17 heavy (non-hydrogen) atoms. The largest absolute Gasteiger partial charge is 0.381 e. The zero-order chi connectivity index (χ0) is 12.3. The van der Waals surface area contributed by atoms with E-state index in [1.165, 1.54) is 77.0 Å². The SMILES string of the molecule is CCCCCCCCCC1CCC(OC)CC1. The Hall–Kier alpha value is -0.0400. The van der Waals surface area contributed by atoms with Gasteiger partial charge in [0.1, 0.15) is 0 Å². The first-order chi connectivity index (χ1) is 8.36. The van der Waals surface area contributed by atoms with E-state index in [1.54, 1.807) is 0 Å². The van der Waals surface area contributed by atoms with Gasteiger partial charge < -0.3 is 4.74 Å². The summed E-state index contributed by atoms with van der Waals surface area (Å²) in [5, 5.41) is 0. The summed E-state index contributed by atoms with van der Waals surface area (Å²) in [6.45, 7) is 2.29. The van der Waals surface area contributed by atoms with Crippen molar-refractivity contribution < 1.29 is 4.74 Å². The second-order valence-corrected chi connectivity index (χ2v) is 5.79. The average Bonchev–Trinajstić information content (AvgIpc) is 2.38. The first kappa shape index (κ1) is 15.0. The van der Waals surface area contributed by atoms with Gasteiger partial charge in [0.05, 0.1) is 6.10 Å². The molecule has 0 aromatic rings. The summed E-state index contributed by atoms with van der Waals surface area (Å²) in [7, 11) is 1.86. The third-order valence-electron chi connectivity index (χ3n) is 4.34. The molecule has 1 aliphatic rings. The lowest BCUT2D eigenvalue weighted by Gasteiger charge is -2.27. The van der Waals surface area contributed by atoms with E-state index in [9.17, 15) is 0 Å². The van der Waals surface area contributed by atoms with Gasteiger partial charge in [0.2, 0.25) is 0 Å². The highest BCUT2D eigenvalue weighted by Crippen LogP contribution is 2.29. The van der Waals surface area contributed by atoms with Crippen LogP contribution in [0.1, 0.15) is 84.0 Å². The number of ether oxygens (including phenoxy) is 1. The van der Waals surface area contributed by atoms with Crippen molar-refractivity contribution in [1.29, 1.82) is 0 Å². The fourth-order valence-corrected chi connectivity index (χ4v) is 3.05. The molecule has 0 aromatic heterocycles. The average molecular weight is 240 g/mol. The van der Waals surface area contributed by atoms with Crippen molar-refractivity contribution >= 4 is 0 Å². The molecule has 1 rings (SSSR count). The van der Waals surface area contributed by atoms with Crippen LogP contribution in [0.15, 0.2) is 0 Å². The normalized spacial score (nSPS) is 25.1. The number of unbranched alkanes of at least 4 members (excludes halogenated alkanes) is 6. The van der Waals surface area contributed by atoms with Crippen LogP contribution in [0.2, 0.25) is 0 Å². The maximum absolute atomic E-state index is 5.42. The molecule has 1 heteroatoms. The Labute approximate surface area is 108 Å². The third kappa shape index (κ3) is 7.08. The zero-order valence-corrected chi connectivity index (χ0v) is 12.0. The van der Waals surface area contributed by atoms with Crippen LogP contribution >= 0.6 is 0 Å². The molecule has 102 valence electrons. The Balaban J connectivity index is 1.87. The molecule has 0 saturated heterocycles. The minimum atomic E-state index is 0.570. The predicted molar refractivity (Wildman–Crippen MR) is 75.4 cm³/mol. The fourth-order valence-electron chi connectivity index (χ4n) is 3.05. The van der Waals surface area contributed by atoms with Crippen LogP contribution in [-0.4, -0.2) is 13.2 Å². The zero-order valence-electron chi connectivity index (χ0n) is 12.0. The van der Waals surface area contributed by atoms with Gasteiger partial charge >= 0.3 is 0 Å². The van der Waals surface area contributed by atoms with E-state index >= 15 is 0 Å². The molecule has 1 saturated carbocycles. The predicted octanol–water partition coefficient (Wildman–Crippen LogP) is 5.33. The summed E-state index contributed by atoms with van der Waals surface area (Å²) >= 11 is 0. The van der Waals surface area contributed by atoms with Crippen molar-refractivity contribution in [1.82, 2.24) is 0 Å². The van der Waals surface area contributed by atoms with Crippen LogP contribution in [0.3, 0.4) is 0 Å².